The summed E-state index contributed by atoms with van der Waals surface area (Å²) >= 11 is 3.57. The molecule has 1 unspecified atom stereocenters. The van der Waals surface area contributed by atoms with Crippen LogP contribution in [0.2, 0.25) is 0 Å². The van der Waals surface area contributed by atoms with Crippen molar-refractivity contribution in [2.24, 2.45) is 5.73 Å². The van der Waals surface area contributed by atoms with Crippen LogP contribution in [0.4, 0.5) is 0 Å². The lowest BCUT2D eigenvalue weighted by atomic mass is 10.0. The number of benzene rings is 1. The van der Waals surface area contributed by atoms with Crippen molar-refractivity contribution in [2.75, 3.05) is 20.6 Å². The van der Waals surface area contributed by atoms with E-state index in [-0.39, 0.29) is 6.04 Å². The molecule has 0 saturated heterocycles. The first-order valence-corrected chi connectivity index (χ1v) is 8.02. The Balaban J connectivity index is 2.01. The normalized spacial score (nSPS) is 12.8. The first-order valence-electron chi connectivity index (χ1n) is 7.23. The Morgan fingerprint density at radius 2 is 2.00 bits per heavy atom. The summed E-state index contributed by atoms with van der Waals surface area (Å²) in [5.41, 5.74) is 8.80. The molecule has 0 radical (unpaired) electrons. The van der Waals surface area contributed by atoms with Crippen LogP contribution in [-0.4, -0.2) is 35.3 Å². The number of aromatic nitrogens is 2. The van der Waals surface area contributed by atoms with Crippen LogP contribution in [0.5, 0.6) is 0 Å². The lowest BCUT2D eigenvalue weighted by molar-refractivity contribution is 0.365. The van der Waals surface area contributed by atoms with Crippen molar-refractivity contribution < 1.29 is 0 Å². The third kappa shape index (κ3) is 4.66. The van der Waals surface area contributed by atoms with Crippen LogP contribution in [-0.2, 0) is 13.0 Å². The summed E-state index contributed by atoms with van der Waals surface area (Å²) in [6, 6.07) is 10.5. The van der Waals surface area contributed by atoms with Gasteiger partial charge < -0.3 is 10.6 Å². The molecule has 2 N–H and O–H groups in total. The van der Waals surface area contributed by atoms with Crippen molar-refractivity contribution in [2.45, 2.75) is 25.4 Å². The Morgan fingerprint density at radius 1 is 1.29 bits per heavy atom. The molecule has 1 heterocycles. The number of hydrogen-bond acceptors (Lipinski definition) is 3. The second kappa shape index (κ2) is 7.73. The molecule has 0 fully saturated rings. The first kappa shape index (κ1) is 16.2. The molecule has 21 heavy (non-hydrogen) atoms. The Morgan fingerprint density at radius 3 is 2.67 bits per heavy atom. The minimum Gasteiger partial charge on any atom is -0.323 e. The van der Waals surface area contributed by atoms with Crippen LogP contribution in [0.1, 0.15) is 23.7 Å². The molecule has 0 spiro atoms. The number of rotatable bonds is 7. The summed E-state index contributed by atoms with van der Waals surface area (Å²) in [4.78, 5) is 2.15. The Labute approximate surface area is 135 Å². The highest BCUT2D eigenvalue weighted by Crippen LogP contribution is 2.25. The van der Waals surface area contributed by atoms with Crippen LogP contribution in [0.25, 0.3) is 0 Å². The van der Waals surface area contributed by atoms with E-state index < -0.39 is 0 Å². The summed E-state index contributed by atoms with van der Waals surface area (Å²) in [5.74, 6) is 0. The van der Waals surface area contributed by atoms with Gasteiger partial charge in [-0.05, 0) is 48.4 Å². The quantitative estimate of drug-likeness (QED) is 0.835. The van der Waals surface area contributed by atoms with Gasteiger partial charge in [0, 0.05) is 12.6 Å². The van der Waals surface area contributed by atoms with Gasteiger partial charge in [0.15, 0.2) is 0 Å². The van der Waals surface area contributed by atoms with E-state index in [4.69, 9.17) is 5.73 Å². The zero-order chi connectivity index (χ0) is 15.2. The molecule has 0 amide bonds. The van der Waals surface area contributed by atoms with E-state index in [0.717, 1.165) is 36.1 Å². The smallest absolute Gasteiger partial charge is 0.0694 e. The zero-order valence-electron chi connectivity index (χ0n) is 12.7. The average molecular weight is 351 g/mol. The van der Waals surface area contributed by atoms with E-state index >= 15 is 0 Å². The minimum absolute atomic E-state index is 0.00996. The molecule has 114 valence electrons. The fourth-order valence-corrected chi connectivity index (χ4v) is 2.91. The predicted molar refractivity (Wildman–Crippen MR) is 90.2 cm³/mol. The van der Waals surface area contributed by atoms with E-state index in [2.05, 4.69) is 64.3 Å². The number of aryl methyl sites for hydroxylation is 1. The third-order valence-corrected chi connectivity index (χ3v) is 4.14. The monoisotopic (exact) mass is 350 g/mol. The van der Waals surface area contributed by atoms with E-state index in [1.54, 1.807) is 0 Å². The van der Waals surface area contributed by atoms with Crippen LogP contribution >= 0.6 is 15.9 Å². The summed E-state index contributed by atoms with van der Waals surface area (Å²) in [6.45, 7) is 1.81. The molecule has 0 saturated carbocycles. The summed E-state index contributed by atoms with van der Waals surface area (Å²) < 4.78 is 3.02. The zero-order valence-corrected chi connectivity index (χ0v) is 14.3. The molecule has 2 rings (SSSR count). The maximum atomic E-state index is 6.39. The van der Waals surface area contributed by atoms with Gasteiger partial charge >= 0.3 is 0 Å². The van der Waals surface area contributed by atoms with Crippen LogP contribution in [0, 0.1) is 0 Å². The Kier molecular flexibility index (Phi) is 5.96. The van der Waals surface area contributed by atoms with Gasteiger partial charge in [-0.15, -0.1) is 0 Å². The molecule has 1 atom stereocenters. The van der Waals surface area contributed by atoms with Gasteiger partial charge in [0.05, 0.1) is 22.9 Å². The summed E-state index contributed by atoms with van der Waals surface area (Å²) in [6.07, 6.45) is 3.73. The van der Waals surface area contributed by atoms with Crippen molar-refractivity contribution in [1.29, 1.82) is 0 Å². The predicted octanol–water partition coefficient (Wildman–Crippen LogP) is 2.84. The SMILES string of the molecule is CN(C)CCn1ncc(Br)c1C(N)CCc1ccccc1. The molecular formula is C16H23BrN4. The number of nitrogens with zero attached hydrogens (tertiary/aromatic N) is 3. The van der Waals surface area contributed by atoms with Crippen LogP contribution < -0.4 is 5.73 Å². The van der Waals surface area contributed by atoms with Crippen molar-refractivity contribution >= 4 is 15.9 Å². The molecule has 1 aromatic carbocycles. The van der Waals surface area contributed by atoms with Gasteiger partial charge in [0.2, 0.25) is 0 Å². The van der Waals surface area contributed by atoms with Gasteiger partial charge in [-0.1, -0.05) is 30.3 Å². The van der Waals surface area contributed by atoms with E-state index in [9.17, 15) is 0 Å². The Bertz CT molecular complexity index is 551. The molecule has 1 aromatic heterocycles. The van der Waals surface area contributed by atoms with Gasteiger partial charge in [-0.25, -0.2) is 0 Å². The van der Waals surface area contributed by atoms with Crippen molar-refractivity contribution in [3.8, 4) is 0 Å². The number of nitrogens with two attached hydrogens (primary N) is 1. The minimum atomic E-state index is -0.00996. The van der Waals surface area contributed by atoms with E-state index in [0.29, 0.717) is 0 Å². The maximum absolute atomic E-state index is 6.39. The highest BCUT2D eigenvalue weighted by Gasteiger charge is 2.16. The molecule has 5 heteroatoms. The molecule has 4 nitrogen and oxygen atoms in total. The third-order valence-electron chi connectivity index (χ3n) is 3.53. The highest BCUT2D eigenvalue weighted by atomic mass is 79.9. The molecule has 0 aliphatic heterocycles. The second-order valence-electron chi connectivity index (χ2n) is 5.53. The van der Waals surface area contributed by atoms with Gasteiger partial charge in [0.1, 0.15) is 0 Å². The van der Waals surface area contributed by atoms with E-state index in [1.165, 1.54) is 5.56 Å². The average Bonchev–Trinajstić information content (AvgIpc) is 2.85. The number of halogens is 1. The number of likely N-dealkylation sites (N-methyl/N-ethyl adjacent to an activating group) is 1. The fourth-order valence-electron chi connectivity index (χ4n) is 2.32. The molecule has 0 aliphatic rings. The molecule has 0 aliphatic carbocycles. The lowest BCUT2D eigenvalue weighted by Gasteiger charge is -2.17. The van der Waals surface area contributed by atoms with Crippen LogP contribution in [0.15, 0.2) is 41.0 Å². The first-order chi connectivity index (χ1) is 10.1. The maximum Gasteiger partial charge on any atom is 0.0694 e. The standard InChI is InChI=1S/C16H23BrN4/c1-20(2)10-11-21-16(14(17)12-19-21)15(18)9-8-13-6-4-3-5-7-13/h3-7,12,15H,8-11,18H2,1-2H3. The van der Waals surface area contributed by atoms with Gasteiger partial charge in [-0.3, -0.25) is 4.68 Å². The lowest BCUT2D eigenvalue weighted by Crippen LogP contribution is -2.23. The van der Waals surface area contributed by atoms with E-state index in [1.807, 2.05) is 16.9 Å². The van der Waals surface area contributed by atoms with Crippen LogP contribution in [0.3, 0.4) is 0 Å². The molecular weight excluding hydrogens is 328 g/mol. The fraction of sp³-hybridized carbons (Fsp3) is 0.438. The molecule has 2 aromatic rings. The topological polar surface area (TPSA) is 47.1 Å². The summed E-state index contributed by atoms with van der Waals surface area (Å²) in [5, 5.41) is 4.43. The van der Waals surface area contributed by atoms with Crippen molar-refractivity contribution in [1.82, 2.24) is 14.7 Å². The largest absolute Gasteiger partial charge is 0.323 e. The van der Waals surface area contributed by atoms with Crippen molar-refractivity contribution in [3.05, 3.63) is 52.3 Å². The highest BCUT2D eigenvalue weighted by molar-refractivity contribution is 9.10. The van der Waals surface area contributed by atoms with Crippen molar-refractivity contribution in [3.63, 3.8) is 0 Å². The number of hydrogen-bond donors (Lipinski definition) is 1. The molecule has 0 bridgehead atoms. The van der Waals surface area contributed by atoms with Gasteiger partial charge in [0.25, 0.3) is 0 Å². The second-order valence-corrected chi connectivity index (χ2v) is 6.39. The summed E-state index contributed by atoms with van der Waals surface area (Å²) in [7, 11) is 4.13. The Hall–Kier alpha value is -1.17. The van der Waals surface area contributed by atoms with Gasteiger partial charge in [-0.2, -0.15) is 5.10 Å².